The number of aromatic nitrogens is 2. The Balaban J connectivity index is 1.75. The summed E-state index contributed by atoms with van der Waals surface area (Å²) >= 11 is 0. The third-order valence-electron chi connectivity index (χ3n) is 5.14. The largest absolute Gasteiger partial charge is 0.478 e. The van der Waals surface area contributed by atoms with E-state index >= 15 is 0 Å². The maximum absolute atomic E-state index is 11.4. The number of fused-ring (bicyclic) bond motifs is 1. The highest BCUT2D eigenvalue weighted by Crippen LogP contribution is 2.31. The molecule has 1 aromatic heterocycles. The molecular formula is C22H22N4O3. The van der Waals surface area contributed by atoms with Crippen molar-refractivity contribution in [3.63, 3.8) is 0 Å². The molecule has 1 aliphatic rings. The van der Waals surface area contributed by atoms with Gasteiger partial charge in [-0.05, 0) is 31.0 Å². The summed E-state index contributed by atoms with van der Waals surface area (Å²) in [5, 5.41) is 12.3. The molecule has 3 aromatic rings. The van der Waals surface area contributed by atoms with Crippen LogP contribution in [0, 0.1) is 0 Å². The maximum Gasteiger partial charge on any atom is 0.335 e. The Morgan fingerprint density at radius 2 is 1.76 bits per heavy atom. The average Bonchev–Trinajstić information content (AvgIpc) is 2.73. The number of hydrogen-bond acceptors (Lipinski definition) is 5. The lowest BCUT2D eigenvalue weighted by molar-refractivity contribution is -0.119. The smallest absolute Gasteiger partial charge is 0.335 e. The number of carbonyl (C=O) groups is 2. The van der Waals surface area contributed by atoms with Crippen LogP contribution in [0.25, 0.3) is 22.3 Å². The molecular weight excluding hydrogens is 368 g/mol. The molecule has 2 aromatic carbocycles. The van der Waals surface area contributed by atoms with Gasteiger partial charge in [0.25, 0.3) is 0 Å². The summed E-state index contributed by atoms with van der Waals surface area (Å²) in [5.74, 6) is -0.258. The zero-order valence-electron chi connectivity index (χ0n) is 16.1. The van der Waals surface area contributed by atoms with Crippen molar-refractivity contribution in [2.75, 3.05) is 18.0 Å². The van der Waals surface area contributed by atoms with E-state index in [1.165, 1.54) is 6.92 Å². The highest BCUT2D eigenvalue weighted by Gasteiger charge is 2.24. The first-order valence-electron chi connectivity index (χ1n) is 9.64. The number of rotatable bonds is 4. The van der Waals surface area contributed by atoms with Gasteiger partial charge in [-0.15, -0.1) is 0 Å². The van der Waals surface area contributed by atoms with Crippen molar-refractivity contribution in [1.82, 2.24) is 15.3 Å². The second-order valence-electron chi connectivity index (χ2n) is 7.23. The second-order valence-corrected chi connectivity index (χ2v) is 7.23. The Hall–Kier alpha value is -3.48. The van der Waals surface area contributed by atoms with Crippen molar-refractivity contribution < 1.29 is 14.7 Å². The first kappa shape index (κ1) is 18.9. The molecule has 4 rings (SSSR count). The van der Waals surface area contributed by atoms with Crippen molar-refractivity contribution in [3.8, 4) is 11.3 Å². The summed E-state index contributed by atoms with van der Waals surface area (Å²) in [6.45, 7) is 3.02. The van der Waals surface area contributed by atoms with Gasteiger partial charge in [-0.2, -0.15) is 0 Å². The SMILES string of the molecule is CC(=O)NC1CCN(c2nc3cc(C(=O)O)ccc3nc2-c2ccccc2)CC1. The van der Waals surface area contributed by atoms with Crippen molar-refractivity contribution in [3.05, 3.63) is 54.1 Å². The van der Waals surface area contributed by atoms with Crippen LogP contribution in [0.2, 0.25) is 0 Å². The second kappa shape index (κ2) is 7.87. The molecule has 0 unspecified atom stereocenters. The minimum atomic E-state index is -0.987. The highest BCUT2D eigenvalue weighted by molar-refractivity contribution is 5.93. The van der Waals surface area contributed by atoms with Crippen molar-refractivity contribution in [1.29, 1.82) is 0 Å². The molecule has 0 atom stereocenters. The zero-order chi connectivity index (χ0) is 20.4. The van der Waals surface area contributed by atoms with Crippen LogP contribution in [-0.2, 0) is 4.79 Å². The number of carboxylic acid groups (broad SMARTS) is 1. The summed E-state index contributed by atoms with van der Waals surface area (Å²) in [6.07, 6.45) is 1.64. The fourth-order valence-electron chi connectivity index (χ4n) is 3.71. The molecule has 2 heterocycles. The average molecular weight is 390 g/mol. The molecule has 1 aliphatic heterocycles. The quantitative estimate of drug-likeness (QED) is 0.711. The van der Waals surface area contributed by atoms with Crippen molar-refractivity contribution in [2.45, 2.75) is 25.8 Å². The number of hydrogen-bond donors (Lipinski definition) is 2. The number of anilines is 1. The number of aromatic carboxylic acids is 1. The minimum Gasteiger partial charge on any atom is -0.478 e. The standard InChI is InChI=1S/C22H22N4O3/c1-14(27)23-17-9-11-26(12-10-17)21-20(15-5-3-2-4-6-15)24-18-8-7-16(22(28)29)13-19(18)25-21/h2-8,13,17H,9-12H2,1H3,(H,23,27)(H,28,29). The molecule has 1 amide bonds. The Bertz CT molecular complexity index is 1060. The van der Waals surface area contributed by atoms with Gasteiger partial charge in [-0.3, -0.25) is 4.79 Å². The molecule has 7 nitrogen and oxygen atoms in total. The first-order chi connectivity index (χ1) is 14.0. The van der Waals surface area contributed by atoms with E-state index in [-0.39, 0.29) is 17.5 Å². The van der Waals surface area contributed by atoms with Crippen molar-refractivity contribution in [2.24, 2.45) is 0 Å². The minimum absolute atomic E-state index is 0.0138. The third-order valence-corrected chi connectivity index (χ3v) is 5.14. The van der Waals surface area contributed by atoms with Crippen LogP contribution in [0.5, 0.6) is 0 Å². The predicted molar refractivity (Wildman–Crippen MR) is 111 cm³/mol. The lowest BCUT2D eigenvalue weighted by Gasteiger charge is -2.34. The highest BCUT2D eigenvalue weighted by atomic mass is 16.4. The Morgan fingerprint density at radius 1 is 1.03 bits per heavy atom. The molecule has 0 saturated carbocycles. The predicted octanol–water partition coefficient (Wildman–Crippen LogP) is 3.10. The van der Waals surface area contributed by atoms with Gasteiger partial charge in [0.2, 0.25) is 5.91 Å². The number of nitrogens with zero attached hydrogens (tertiary/aromatic N) is 3. The molecule has 0 radical (unpaired) electrons. The van der Waals surface area contributed by atoms with Gasteiger partial charge in [0.05, 0.1) is 16.6 Å². The normalized spacial score (nSPS) is 14.7. The van der Waals surface area contributed by atoms with E-state index in [0.29, 0.717) is 11.0 Å². The fraction of sp³-hybridized carbons (Fsp3) is 0.273. The summed E-state index contributed by atoms with van der Waals surface area (Å²) in [6, 6.07) is 14.8. The van der Waals surface area contributed by atoms with Gasteiger partial charge >= 0.3 is 5.97 Å². The van der Waals surface area contributed by atoms with E-state index in [1.54, 1.807) is 18.2 Å². The summed E-state index contributed by atoms with van der Waals surface area (Å²) in [4.78, 5) is 34.5. The molecule has 0 aliphatic carbocycles. The molecule has 0 spiro atoms. The van der Waals surface area contributed by atoms with Crippen LogP contribution in [0.3, 0.4) is 0 Å². The number of carbonyl (C=O) groups excluding carboxylic acids is 1. The Kier molecular flexibility index (Phi) is 5.12. The molecule has 29 heavy (non-hydrogen) atoms. The molecule has 2 N–H and O–H groups in total. The van der Waals surface area contributed by atoms with Crippen molar-refractivity contribution >= 4 is 28.7 Å². The third kappa shape index (κ3) is 4.03. The lowest BCUT2D eigenvalue weighted by Crippen LogP contribution is -2.44. The summed E-state index contributed by atoms with van der Waals surface area (Å²) in [7, 11) is 0. The Labute approximate surface area is 168 Å². The number of carboxylic acids is 1. The van der Waals surface area contributed by atoms with Gasteiger partial charge < -0.3 is 15.3 Å². The van der Waals surface area contributed by atoms with Crippen LogP contribution in [-0.4, -0.2) is 46.1 Å². The molecule has 0 bridgehead atoms. The van der Waals surface area contributed by atoms with E-state index in [4.69, 9.17) is 9.97 Å². The zero-order valence-corrected chi connectivity index (χ0v) is 16.1. The van der Waals surface area contributed by atoms with Gasteiger partial charge in [-0.25, -0.2) is 14.8 Å². The molecule has 1 saturated heterocycles. The van der Waals surface area contributed by atoms with E-state index in [2.05, 4.69) is 10.2 Å². The van der Waals surface area contributed by atoms with Crippen LogP contribution in [0.15, 0.2) is 48.5 Å². The number of piperidine rings is 1. The van der Waals surface area contributed by atoms with Gasteiger partial charge in [-0.1, -0.05) is 30.3 Å². The van der Waals surface area contributed by atoms with E-state index in [0.717, 1.165) is 43.0 Å². The number of benzene rings is 2. The number of nitrogens with one attached hydrogen (secondary N) is 1. The van der Waals surface area contributed by atoms with Gasteiger partial charge in [0.1, 0.15) is 5.69 Å². The monoisotopic (exact) mass is 390 g/mol. The Morgan fingerprint density at radius 3 is 2.41 bits per heavy atom. The maximum atomic E-state index is 11.4. The first-order valence-corrected chi connectivity index (χ1v) is 9.64. The lowest BCUT2D eigenvalue weighted by atomic mass is 10.0. The topological polar surface area (TPSA) is 95.4 Å². The van der Waals surface area contributed by atoms with E-state index in [9.17, 15) is 14.7 Å². The van der Waals surface area contributed by atoms with Crippen LogP contribution in [0.1, 0.15) is 30.1 Å². The van der Waals surface area contributed by atoms with E-state index in [1.807, 2.05) is 30.3 Å². The molecule has 148 valence electrons. The summed E-state index contributed by atoms with van der Waals surface area (Å²) in [5.41, 5.74) is 3.14. The van der Waals surface area contributed by atoms with Crippen LogP contribution in [0.4, 0.5) is 5.82 Å². The fourth-order valence-corrected chi connectivity index (χ4v) is 3.71. The summed E-state index contributed by atoms with van der Waals surface area (Å²) < 4.78 is 0. The van der Waals surface area contributed by atoms with Crippen LogP contribution < -0.4 is 10.2 Å². The van der Waals surface area contributed by atoms with Crippen LogP contribution >= 0.6 is 0 Å². The van der Waals surface area contributed by atoms with Gasteiger partial charge in [0, 0.05) is 31.6 Å². The van der Waals surface area contributed by atoms with Gasteiger partial charge in [0.15, 0.2) is 5.82 Å². The molecule has 1 fully saturated rings. The number of amides is 1. The molecule has 7 heteroatoms. The van der Waals surface area contributed by atoms with E-state index < -0.39 is 5.97 Å².